The first-order chi connectivity index (χ1) is 22.3. The van der Waals surface area contributed by atoms with Crippen molar-refractivity contribution in [1.82, 2.24) is 9.62 Å². The van der Waals surface area contributed by atoms with Gasteiger partial charge in [-0.1, -0.05) is 29.8 Å². The summed E-state index contributed by atoms with van der Waals surface area (Å²) in [4.78, 5) is 29.4. The number of ether oxygens (including phenoxy) is 3. The number of nitrogens with zero attached hydrogens (tertiary/aromatic N) is 2. The minimum absolute atomic E-state index is 0.0265. The third kappa shape index (κ3) is 6.90. The van der Waals surface area contributed by atoms with Gasteiger partial charge in [-0.3, -0.25) is 9.59 Å². The van der Waals surface area contributed by atoms with Gasteiger partial charge in [-0.2, -0.15) is 0 Å². The van der Waals surface area contributed by atoms with Crippen LogP contribution in [-0.4, -0.2) is 83.8 Å². The molecule has 1 fully saturated rings. The van der Waals surface area contributed by atoms with Crippen molar-refractivity contribution in [3.05, 3.63) is 64.7 Å². The third-order valence-corrected chi connectivity index (χ3v) is 11.8. The molecule has 2 aliphatic heterocycles. The molecule has 1 N–H and O–H groups in total. The maximum Gasteiger partial charge on any atom is 0.265 e. The third-order valence-electron chi connectivity index (χ3n) is 10.2. The van der Waals surface area contributed by atoms with Crippen molar-refractivity contribution in [2.45, 2.75) is 68.0 Å². The molecule has 2 aromatic carbocycles. The lowest BCUT2D eigenvalue weighted by Gasteiger charge is -2.46. The summed E-state index contributed by atoms with van der Waals surface area (Å²) in [6.45, 7) is 4.77. The number of fused-ring (bicyclic) bond motifs is 4. The first kappa shape index (κ1) is 33.8. The molecule has 2 heterocycles. The van der Waals surface area contributed by atoms with Gasteiger partial charge in [0.15, 0.2) is 0 Å². The molecule has 2 aromatic rings. The van der Waals surface area contributed by atoms with Crippen molar-refractivity contribution < 1.29 is 32.2 Å². The summed E-state index contributed by atoms with van der Waals surface area (Å²) in [5, 5.41) is 0.707. The summed E-state index contributed by atoms with van der Waals surface area (Å²) < 4.78 is 48.0. The number of halogens is 1. The number of hydrogen-bond donors (Lipinski definition) is 1. The standard InChI is InChI=1S/C35H44ClN3O7S/c1-34(2)33(41)37-47(42,43)26-11-14-31-29(18-26)39(21-35(22-45-31)15-5-7-23-17-25(36)10-13-28(23)35)19-24-9-12-27(24)30(8-6-16-46-34)44-20-32(40)38(3)4/h6,8,10-11,13-14,17-18,24,27,30H,5,7,9,12,15-16,19-22H2,1-4H3,(H,37,41)/b8-6+/t24-,27+,30+,35-/m0/s1. The summed E-state index contributed by atoms with van der Waals surface area (Å²) in [6.07, 6.45) is 8.08. The predicted molar refractivity (Wildman–Crippen MR) is 179 cm³/mol. The van der Waals surface area contributed by atoms with Gasteiger partial charge < -0.3 is 24.0 Å². The van der Waals surface area contributed by atoms with Gasteiger partial charge in [0.05, 0.1) is 29.9 Å². The summed E-state index contributed by atoms with van der Waals surface area (Å²) in [5.41, 5.74) is 1.33. The van der Waals surface area contributed by atoms with Crippen LogP contribution in [0.3, 0.4) is 0 Å². The van der Waals surface area contributed by atoms with E-state index in [4.69, 9.17) is 25.8 Å². The second kappa shape index (κ2) is 13.1. The van der Waals surface area contributed by atoms with Crippen molar-refractivity contribution in [2.24, 2.45) is 11.8 Å². The normalized spacial score (nSPS) is 28.8. The minimum atomic E-state index is -4.22. The van der Waals surface area contributed by atoms with Crippen LogP contribution >= 0.6 is 11.6 Å². The Hall–Kier alpha value is -3.12. The lowest BCUT2D eigenvalue weighted by molar-refractivity contribution is -0.139. The van der Waals surface area contributed by atoms with E-state index in [0.717, 1.165) is 32.1 Å². The number of nitrogens with one attached hydrogen (secondary N) is 1. The number of amides is 2. The zero-order chi connectivity index (χ0) is 33.6. The molecule has 0 radical (unpaired) electrons. The SMILES string of the molecule is CN(C)C(=O)CO[C@@H]1/C=C/COC(C)(C)C(=O)NS(=O)(=O)c2ccc3c(c2)N(C[C@@H]2CC[C@H]21)C[C@@]1(CCCc2cc(Cl)ccc21)CO3. The molecule has 2 bridgehead atoms. The van der Waals surface area contributed by atoms with E-state index in [2.05, 4.69) is 15.7 Å². The van der Waals surface area contributed by atoms with Crippen molar-refractivity contribution in [3.8, 4) is 5.75 Å². The lowest BCUT2D eigenvalue weighted by Crippen LogP contribution is -2.50. The molecule has 2 aliphatic carbocycles. The number of rotatable bonds is 3. The quantitative estimate of drug-likeness (QED) is 0.471. The Balaban J connectivity index is 1.42. The maximum absolute atomic E-state index is 13.6. The molecule has 254 valence electrons. The minimum Gasteiger partial charge on any atom is -0.490 e. The van der Waals surface area contributed by atoms with E-state index >= 15 is 0 Å². The van der Waals surface area contributed by atoms with E-state index in [9.17, 15) is 18.0 Å². The van der Waals surface area contributed by atoms with Crippen LogP contribution in [0.15, 0.2) is 53.4 Å². The maximum atomic E-state index is 13.6. The molecule has 12 heteroatoms. The highest BCUT2D eigenvalue weighted by molar-refractivity contribution is 7.90. The highest BCUT2D eigenvalue weighted by Crippen LogP contribution is 2.47. The molecule has 2 amide bonds. The summed E-state index contributed by atoms with van der Waals surface area (Å²) in [6, 6.07) is 10.9. The Labute approximate surface area is 282 Å². The Morgan fingerprint density at radius 2 is 1.98 bits per heavy atom. The molecule has 47 heavy (non-hydrogen) atoms. The molecule has 0 unspecified atom stereocenters. The number of anilines is 1. The number of hydrogen-bond acceptors (Lipinski definition) is 8. The average Bonchev–Trinajstić information content (AvgIpc) is 3.15. The van der Waals surface area contributed by atoms with Gasteiger partial charge >= 0.3 is 0 Å². The Kier molecular flexibility index (Phi) is 9.38. The number of likely N-dealkylation sites (N-methyl/N-ethyl adjacent to an activating group) is 1. The van der Waals surface area contributed by atoms with Crippen LogP contribution in [0.4, 0.5) is 5.69 Å². The smallest absolute Gasteiger partial charge is 0.265 e. The van der Waals surface area contributed by atoms with Crippen molar-refractivity contribution in [2.75, 3.05) is 51.9 Å². The van der Waals surface area contributed by atoms with Crippen LogP contribution in [0.2, 0.25) is 5.02 Å². The van der Waals surface area contributed by atoms with E-state index in [1.165, 1.54) is 35.9 Å². The summed E-state index contributed by atoms with van der Waals surface area (Å²) in [7, 11) is -0.817. The van der Waals surface area contributed by atoms with E-state index in [0.29, 0.717) is 36.2 Å². The van der Waals surface area contributed by atoms with Crippen LogP contribution in [0.25, 0.3) is 0 Å². The van der Waals surface area contributed by atoms with Gasteiger partial charge in [-0.05, 0) is 99.2 Å². The highest BCUT2D eigenvalue weighted by Gasteiger charge is 2.45. The van der Waals surface area contributed by atoms with E-state index in [1.54, 1.807) is 32.3 Å². The average molecular weight is 686 g/mol. The molecule has 1 spiro atoms. The van der Waals surface area contributed by atoms with E-state index in [1.807, 2.05) is 18.2 Å². The fourth-order valence-corrected chi connectivity index (χ4v) is 8.55. The van der Waals surface area contributed by atoms with E-state index in [-0.39, 0.29) is 47.4 Å². The zero-order valence-corrected chi connectivity index (χ0v) is 29.0. The van der Waals surface area contributed by atoms with Crippen molar-refractivity contribution in [3.63, 3.8) is 0 Å². The molecule has 4 aliphatic rings. The van der Waals surface area contributed by atoms with Crippen LogP contribution in [-0.2, 0) is 40.9 Å². The Morgan fingerprint density at radius 1 is 1.17 bits per heavy atom. The molecule has 6 rings (SSSR count). The number of carbonyl (C=O) groups is 2. The van der Waals surface area contributed by atoms with Gasteiger partial charge in [0.1, 0.15) is 18.0 Å². The largest absolute Gasteiger partial charge is 0.490 e. The molecule has 10 nitrogen and oxygen atoms in total. The van der Waals surface area contributed by atoms with E-state index < -0.39 is 21.5 Å². The van der Waals surface area contributed by atoms with Gasteiger partial charge in [0.25, 0.3) is 15.9 Å². The fourth-order valence-electron chi connectivity index (χ4n) is 7.23. The van der Waals surface area contributed by atoms with Crippen molar-refractivity contribution in [1.29, 1.82) is 0 Å². The second-order valence-electron chi connectivity index (χ2n) is 14.0. The highest BCUT2D eigenvalue weighted by atomic mass is 35.5. The van der Waals surface area contributed by atoms with Gasteiger partial charge in [0.2, 0.25) is 5.91 Å². The molecule has 0 saturated heterocycles. The van der Waals surface area contributed by atoms with Crippen molar-refractivity contribution >= 4 is 39.1 Å². The summed E-state index contributed by atoms with van der Waals surface area (Å²) in [5.74, 6) is 0.0267. The number of benzene rings is 2. The topological polar surface area (TPSA) is 114 Å². The fraction of sp³-hybridized carbons (Fsp3) is 0.543. The summed E-state index contributed by atoms with van der Waals surface area (Å²) >= 11 is 6.42. The monoisotopic (exact) mass is 685 g/mol. The number of sulfonamides is 1. The first-order valence-electron chi connectivity index (χ1n) is 16.3. The Bertz CT molecular complexity index is 1680. The molecule has 4 atom stereocenters. The molecule has 1 saturated carbocycles. The van der Waals surface area contributed by atoms with Crippen LogP contribution < -0.4 is 14.4 Å². The second-order valence-corrected chi connectivity index (χ2v) is 16.1. The number of aryl methyl sites for hydroxylation is 1. The lowest BCUT2D eigenvalue weighted by atomic mass is 9.68. The molecule has 0 aromatic heterocycles. The molecular weight excluding hydrogens is 642 g/mol. The number of carbonyl (C=O) groups excluding carboxylic acids is 2. The predicted octanol–water partition coefficient (Wildman–Crippen LogP) is 4.48. The van der Waals surface area contributed by atoms with Gasteiger partial charge in [-0.15, -0.1) is 0 Å². The zero-order valence-electron chi connectivity index (χ0n) is 27.5. The van der Waals surface area contributed by atoms with Crippen LogP contribution in [0, 0.1) is 11.8 Å². The van der Waals surface area contributed by atoms with Gasteiger partial charge in [0, 0.05) is 37.6 Å². The Morgan fingerprint density at radius 3 is 2.72 bits per heavy atom. The first-order valence-corrected chi connectivity index (χ1v) is 18.1. The molecular formula is C35H44ClN3O7S. The van der Waals surface area contributed by atoms with Crippen LogP contribution in [0.1, 0.15) is 50.7 Å². The van der Waals surface area contributed by atoms with Gasteiger partial charge in [-0.25, -0.2) is 13.1 Å². The van der Waals surface area contributed by atoms with Crippen LogP contribution in [0.5, 0.6) is 5.75 Å².